The van der Waals surface area contributed by atoms with E-state index in [2.05, 4.69) is 11.9 Å². The Morgan fingerprint density at radius 1 is 1.52 bits per heavy atom. The summed E-state index contributed by atoms with van der Waals surface area (Å²) in [4.78, 5) is 25.3. The van der Waals surface area contributed by atoms with Crippen LogP contribution in [-0.2, 0) is 9.59 Å². The molecule has 21 heavy (non-hydrogen) atoms. The van der Waals surface area contributed by atoms with Crippen LogP contribution in [-0.4, -0.2) is 25.0 Å². The Kier molecular flexibility index (Phi) is 4.62. The number of hydrogen-bond donors (Lipinski definition) is 1. The minimum atomic E-state index is -0.118. The van der Waals surface area contributed by atoms with E-state index in [1.54, 1.807) is 29.2 Å². The summed E-state index contributed by atoms with van der Waals surface area (Å²) in [6.07, 6.45) is 2.12. The summed E-state index contributed by atoms with van der Waals surface area (Å²) >= 11 is 0. The van der Waals surface area contributed by atoms with Crippen molar-refractivity contribution in [2.45, 2.75) is 20.3 Å². The number of nitrogens with zero attached hydrogens (tertiary/aromatic N) is 1. The van der Waals surface area contributed by atoms with Gasteiger partial charge in [-0.2, -0.15) is 0 Å². The molecular weight excluding hydrogens is 268 g/mol. The van der Waals surface area contributed by atoms with Crippen molar-refractivity contribution in [1.82, 2.24) is 0 Å². The molecule has 2 amide bonds. The molecule has 0 saturated carbocycles. The maximum atomic E-state index is 11.9. The summed E-state index contributed by atoms with van der Waals surface area (Å²) in [6.45, 7) is 8.09. The van der Waals surface area contributed by atoms with Gasteiger partial charge in [-0.05, 0) is 24.1 Å². The first-order valence-electron chi connectivity index (χ1n) is 6.99. The summed E-state index contributed by atoms with van der Waals surface area (Å²) in [5.41, 5.74) is 1.32. The predicted molar refractivity (Wildman–Crippen MR) is 82.6 cm³/mol. The number of hydrogen-bond acceptors (Lipinski definition) is 3. The highest BCUT2D eigenvalue weighted by Crippen LogP contribution is 2.34. The van der Waals surface area contributed by atoms with Crippen molar-refractivity contribution >= 4 is 23.2 Å². The van der Waals surface area contributed by atoms with Crippen LogP contribution >= 0.6 is 0 Å². The third-order valence-electron chi connectivity index (χ3n) is 3.09. The molecule has 1 heterocycles. The third-order valence-corrected chi connectivity index (χ3v) is 3.09. The highest BCUT2D eigenvalue weighted by molar-refractivity contribution is 5.99. The van der Waals surface area contributed by atoms with Crippen LogP contribution in [0.1, 0.15) is 20.3 Å². The predicted octanol–water partition coefficient (Wildman–Crippen LogP) is 2.58. The van der Waals surface area contributed by atoms with Gasteiger partial charge >= 0.3 is 0 Å². The molecule has 1 aliphatic heterocycles. The Hall–Kier alpha value is -2.30. The first kappa shape index (κ1) is 15.1. The molecule has 1 aromatic carbocycles. The van der Waals surface area contributed by atoms with Gasteiger partial charge in [0.2, 0.25) is 5.91 Å². The highest BCUT2D eigenvalue weighted by atomic mass is 16.5. The molecule has 1 aliphatic rings. The number of benzene rings is 1. The van der Waals surface area contributed by atoms with Crippen molar-refractivity contribution in [3.63, 3.8) is 0 Å². The second kappa shape index (κ2) is 6.43. The Bertz CT molecular complexity index is 567. The van der Waals surface area contributed by atoms with E-state index in [-0.39, 0.29) is 18.4 Å². The van der Waals surface area contributed by atoms with Crippen LogP contribution in [0.5, 0.6) is 5.75 Å². The summed E-state index contributed by atoms with van der Waals surface area (Å²) in [5, 5.41) is 2.84. The fourth-order valence-corrected chi connectivity index (χ4v) is 2.19. The van der Waals surface area contributed by atoms with Crippen molar-refractivity contribution < 1.29 is 14.3 Å². The van der Waals surface area contributed by atoms with Crippen molar-refractivity contribution in [2.75, 3.05) is 23.4 Å². The molecule has 112 valence electrons. The molecular formula is C16H20N2O3. The molecule has 1 N–H and O–H groups in total. The topological polar surface area (TPSA) is 58.6 Å². The molecule has 2 rings (SSSR count). The SMILES string of the molecule is C=CCN1C(=O)COc2ccc(NC(=O)CC(C)C)cc21. The summed E-state index contributed by atoms with van der Waals surface area (Å²) in [6, 6.07) is 5.30. The van der Waals surface area contributed by atoms with Crippen molar-refractivity contribution in [3.8, 4) is 5.75 Å². The molecule has 5 heteroatoms. The molecule has 0 fully saturated rings. The number of nitrogens with one attached hydrogen (secondary N) is 1. The standard InChI is InChI=1S/C16H20N2O3/c1-4-7-18-13-9-12(17-15(19)8-11(2)3)5-6-14(13)21-10-16(18)20/h4-6,9,11H,1,7-8,10H2,2-3H3,(H,17,19). The molecule has 5 nitrogen and oxygen atoms in total. The van der Waals surface area contributed by atoms with E-state index in [1.807, 2.05) is 13.8 Å². The van der Waals surface area contributed by atoms with Gasteiger partial charge in [0.15, 0.2) is 6.61 Å². The van der Waals surface area contributed by atoms with Gasteiger partial charge in [0, 0.05) is 18.7 Å². The number of fused-ring (bicyclic) bond motifs is 1. The van der Waals surface area contributed by atoms with Crippen LogP contribution in [0.3, 0.4) is 0 Å². The first-order chi connectivity index (χ1) is 10.0. The summed E-state index contributed by atoms with van der Waals surface area (Å²) in [7, 11) is 0. The quantitative estimate of drug-likeness (QED) is 0.847. The van der Waals surface area contributed by atoms with Crippen LogP contribution in [0.4, 0.5) is 11.4 Å². The normalized spacial score (nSPS) is 13.7. The second-order valence-corrected chi connectivity index (χ2v) is 5.41. The lowest BCUT2D eigenvalue weighted by Gasteiger charge is -2.28. The smallest absolute Gasteiger partial charge is 0.265 e. The number of amides is 2. The van der Waals surface area contributed by atoms with Crippen LogP contribution in [0.2, 0.25) is 0 Å². The minimum Gasteiger partial charge on any atom is -0.482 e. The number of ether oxygens (including phenoxy) is 1. The number of carbonyl (C=O) groups is 2. The summed E-state index contributed by atoms with van der Waals surface area (Å²) in [5.74, 6) is 0.777. The molecule has 0 aliphatic carbocycles. The van der Waals surface area contributed by atoms with Crippen molar-refractivity contribution in [2.24, 2.45) is 5.92 Å². The Morgan fingerprint density at radius 2 is 2.29 bits per heavy atom. The molecule has 0 unspecified atom stereocenters. The Balaban J connectivity index is 2.22. The van der Waals surface area contributed by atoms with Crippen LogP contribution in [0.15, 0.2) is 30.9 Å². The average molecular weight is 288 g/mol. The Morgan fingerprint density at radius 3 is 2.95 bits per heavy atom. The van der Waals surface area contributed by atoms with Crippen LogP contribution in [0, 0.1) is 5.92 Å². The lowest BCUT2D eigenvalue weighted by atomic mass is 10.1. The zero-order valence-electron chi connectivity index (χ0n) is 12.4. The second-order valence-electron chi connectivity index (χ2n) is 5.41. The molecule has 0 atom stereocenters. The van der Waals surface area contributed by atoms with Gasteiger partial charge in [-0.25, -0.2) is 0 Å². The van der Waals surface area contributed by atoms with Gasteiger partial charge in [0.25, 0.3) is 5.91 Å². The van der Waals surface area contributed by atoms with Crippen LogP contribution in [0.25, 0.3) is 0 Å². The molecule has 0 radical (unpaired) electrons. The fourth-order valence-electron chi connectivity index (χ4n) is 2.19. The molecule has 0 aromatic heterocycles. The zero-order valence-corrected chi connectivity index (χ0v) is 12.4. The van der Waals surface area contributed by atoms with E-state index in [4.69, 9.17) is 4.74 Å². The van der Waals surface area contributed by atoms with Gasteiger partial charge < -0.3 is 15.0 Å². The fraction of sp³-hybridized carbons (Fsp3) is 0.375. The lowest BCUT2D eigenvalue weighted by molar-refractivity contribution is -0.121. The molecule has 0 spiro atoms. The van der Waals surface area contributed by atoms with E-state index in [0.29, 0.717) is 36.0 Å². The van der Waals surface area contributed by atoms with E-state index < -0.39 is 0 Å². The molecule has 0 bridgehead atoms. The first-order valence-corrected chi connectivity index (χ1v) is 6.99. The van der Waals surface area contributed by atoms with Crippen LogP contribution < -0.4 is 15.0 Å². The van der Waals surface area contributed by atoms with Gasteiger partial charge in [-0.15, -0.1) is 6.58 Å². The zero-order chi connectivity index (χ0) is 15.4. The number of anilines is 2. The van der Waals surface area contributed by atoms with E-state index in [9.17, 15) is 9.59 Å². The molecule has 0 saturated heterocycles. The number of carbonyl (C=O) groups excluding carboxylic acids is 2. The highest BCUT2D eigenvalue weighted by Gasteiger charge is 2.24. The largest absolute Gasteiger partial charge is 0.482 e. The minimum absolute atomic E-state index is 0.0277. The average Bonchev–Trinajstić information content (AvgIpc) is 2.41. The maximum Gasteiger partial charge on any atom is 0.265 e. The van der Waals surface area contributed by atoms with E-state index >= 15 is 0 Å². The van der Waals surface area contributed by atoms with Crippen molar-refractivity contribution in [1.29, 1.82) is 0 Å². The van der Waals surface area contributed by atoms with Gasteiger partial charge in [-0.1, -0.05) is 19.9 Å². The number of rotatable bonds is 5. The third kappa shape index (κ3) is 3.62. The maximum absolute atomic E-state index is 11.9. The molecule has 1 aromatic rings. The monoisotopic (exact) mass is 288 g/mol. The van der Waals surface area contributed by atoms with Crippen molar-refractivity contribution in [3.05, 3.63) is 30.9 Å². The van der Waals surface area contributed by atoms with Gasteiger partial charge in [0.1, 0.15) is 5.75 Å². The summed E-state index contributed by atoms with van der Waals surface area (Å²) < 4.78 is 5.40. The Labute approximate surface area is 124 Å². The lowest BCUT2D eigenvalue weighted by Crippen LogP contribution is -2.38. The van der Waals surface area contributed by atoms with E-state index in [0.717, 1.165) is 0 Å². The van der Waals surface area contributed by atoms with E-state index in [1.165, 1.54) is 0 Å². The van der Waals surface area contributed by atoms with Gasteiger partial charge in [-0.3, -0.25) is 9.59 Å². The van der Waals surface area contributed by atoms with Gasteiger partial charge in [0.05, 0.1) is 5.69 Å².